The molecule has 2 rings (SSSR count). The van der Waals surface area contributed by atoms with Crippen molar-refractivity contribution < 1.29 is 9.53 Å². The molecule has 0 saturated heterocycles. The van der Waals surface area contributed by atoms with Gasteiger partial charge < -0.3 is 9.64 Å². The molecule has 0 bridgehead atoms. The van der Waals surface area contributed by atoms with Crippen LogP contribution in [0, 0.1) is 6.92 Å². The number of carbonyl (C=O) groups excluding carboxylic acids is 1. The van der Waals surface area contributed by atoms with Crippen molar-refractivity contribution in [3.8, 4) is 5.75 Å². The number of hydrogen-bond acceptors (Lipinski definition) is 4. The van der Waals surface area contributed by atoms with Crippen LogP contribution in [-0.4, -0.2) is 32.8 Å². The lowest BCUT2D eigenvalue weighted by Gasteiger charge is -2.14. The molecule has 0 unspecified atom stereocenters. The Morgan fingerprint density at radius 1 is 1.19 bits per heavy atom. The van der Waals surface area contributed by atoms with Gasteiger partial charge in [0, 0.05) is 19.8 Å². The molecule has 0 spiro atoms. The van der Waals surface area contributed by atoms with Gasteiger partial charge >= 0.3 is 0 Å². The first-order valence-corrected chi connectivity index (χ1v) is 8.69. The molecule has 138 valence electrons. The number of nitrogens with one attached hydrogen (secondary N) is 1. The van der Waals surface area contributed by atoms with Crippen molar-refractivity contribution in [3.05, 3.63) is 59.2 Å². The number of nitrogens with zero attached hydrogens (tertiary/aromatic N) is 2. The summed E-state index contributed by atoms with van der Waals surface area (Å²) in [6.07, 6.45) is 1.61. The first-order valence-electron chi connectivity index (χ1n) is 8.69. The van der Waals surface area contributed by atoms with Gasteiger partial charge in [0.15, 0.2) is 6.61 Å². The van der Waals surface area contributed by atoms with E-state index in [9.17, 15) is 4.79 Å². The lowest BCUT2D eigenvalue weighted by atomic mass is 10.0. The Balaban J connectivity index is 1.88. The van der Waals surface area contributed by atoms with Crippen molar-refractivity contribution in [1.82, 2.24) is 5.43 Å². The van der Waals surface area contributed by atoms with E-state index in [-0.39, 0.29) is 12.5 Å². The molecule has 2 aromatic rings. The highest BCUT2D eigenvalue weighted by Crippen LogP contribution is 2.27. The Labute approximate surface area is 155 Å². The van der Waals surface area contributed by atoms with E-state index in [0.717, 1.165) is 28.1 Å². The molecule has 0 aliphatic rings. The minimum atomic E-state index is -0.289. The maximum absolute atomic E-state index is 12.0. The van der Waals surface area contributed by atoms with Crippen molar-refractivity contribution in [2.75, 3.05) is 25.6 Å². The second-order valence-electron chi connectivity index (χ2n) is 6.76. The van der Waals surface area contributed by atoms with Crippen LogP contribution in [0.5, 0.6) is 5.75 Å². The van der Waals surface area contributed by atoms with Crippen molar-refractivity contribution in [3.63, 3.8) is 0 Å². The number of hydrogen-bond donors (Lipinski definition) is 1. The van der Waals surface area contributed by atoms with Gasteiger partial charge in [-0.2, -0.15) is 5.10 Å². The third-order valence-electron chi connectivity index (χ3n) is 3.96. The zero-order valence-electron chi connectivity index (χ0n) is 16.1. The number of rotatable bonds is 7. The molecule has 0 fully saturated rings. The summed E-state index contributed by atoms with van der Waals surface area (Å²) in [7, 11) is 3.98. The average molecular weight is 353 g/mol. The Bertz CT molecular complexity index is 765. The SMILES string of the molecule is Cc1ccc(C(C)C)c(OCC(=O)N/N=C/c2ccc(N(C)C)cc2)c1. The Kier molecular flexibility index (Phi) is 6.78. The minimum Gasteiger partial charge on any atom is -0.483 e. The molecule has 0 aliphatic heterocycles. The van der Waals surface area contributed by atoms with E-state index >= 15 is 0 Å². The summed E-state index contributed by atoms with van der Waals surface area (Å²) in [4.78, 5) is 14.0. The van der Waals surface area contributed by atoms with E-state index in [1.54, 1.807) is 6.21 Å². The van der Waals surface area contributed by atoms with E-state index in [1.165, 1.54) is 0 Å². The van der Waals surface area contributed by atoms with Crippen molar-refractivity contribution in [2.24, 2.45) is 5.10 Å². The molecule has 2 aromatic carbocycles. The quantitative estimate of drug-likeness (QED) is 0.610. The van der Waals surface area contributed by atoms with Crippen LogP contribution >= 0.6 is 0 Å². The Morgan fingerprint density at radius 2 is 1.88 bits per heavy atom. The molecule has 0 saturated carbocycles. The molecule has 0 aromatic heterocycles. The molecule has 5 nitrogen and oxygen atoms in total. The van der Waals surface area contributed by atoms with E-state index in [0.29, 0.717) is 5.92 Å². The first-order chi connectivity index (χ1) is 12.4. The van der Waals surface area contributed by atoms with Gasteiger partial charge in [0.05, 0.1) is 6.21 Å². The molecule has 0 atom stereocenters. The predicted molar refractivity (Wildman–Crippen MR) is 107 cm³/mol. The number of anilines is 1. The van der Waals surface area contributed by atoms with Gasteiger partial charge in [0.25, 0.3) is 5.91 Å². The van der Waals surface area contributed by atoms with Gasteiger partial charge in [0.1, 0.15) is 5.75 Å². The molecule has 0 radical (unpaired) electrons. The van der Waals surface area contributed by atoms with E-state index in [2.05, 4.69) is 24.4 Å². The second-order valence-corrected chi connectivity index (χ2v) is 6.76. The molecule has 1 N–H and O–H groups in total. The Morgan fingerprint density at radius 3 is 2.50 bits per heavy atom. The average Bonchev–Trinajstić information content (AvgIpc) is 2.60. The topological polar surface area (TPSA) is 53.9 Å². The molecule has 26 heavy (non-hydrogen) atoms. The lowest BCUT2D eigenvalue weighted by molar-refractivity contribution is -0.123. The highest BCUT2D eigenvalue weighted by atomic mass is 16.5. The van der Waals surface area contributed by atoms with Crippen LogP contribution in [0.15, 0.2) is 47.6 Å². The summed E-state index contributed by atoms with van der Waals surface area (Å²) in [5.41, 5.74) is 6.71. The summed E-state index contributed by atoms with van der Waals surface area (Å²) in [5, 5.41) is 3.99. The van der Waals surface area contributed by atoms with Crippen LogP contribution in [0.1, 0.15) is 36.5 Å². The lowest BCUT2D eigenvalue weighted by Crippen LogP contribution is -2.25. The van der Waals surface area contributed by atoms with Gasteiger partial charge in [0.2, 0.25) is 0 Å². The van der Waals surface area contributed by atoms with E-state index < -0.39 is 0 Å². The maximum atomic E-state index is 12.0. The largest absolute Gasteiger partial charge is 0.483 e. The fourth-order valence-corrected chi connectivity index (χ4v) is 2.46. The van der Waals surface area contributed by atoms with E-state index in [1.807, 2.05) is 68.4 Å². The fraction of sp³-hybridized carbons (Fsp3) is 0.333. The monoisotopic (exact) mass is 353 g/mol. The van der Waals surface area contributed by atoms with Gasteiger partial charge in [-0.3, -0.25) is 4.79 Å². The third kappa shape index (κ3) is 5.62. The van der Waals surface area contributed by atoms with Gasteiger partial charge in [-0.15, -0.1) is 0 Å². The number of ether oxygens (including phenoxy) is 1. The van der Waals surface area contributed by atoms with Crippen LogP contribution in [0.25, 0.3) is 0 Å². The van der Waals surface area contributed by atoms with Crippen LogP contribution in [0.3, 0.4) is 0 Å². The molecule has 5 heteroatoms. The van der Waals surface area contributed by atoms with E-state index in [4.69, 9.17) is 4.74 Å². The minimum absolute atomic E-state index is 0.0694. The number of benzene rings is 2. The predicted octanol–water partition coefficient (Wildman–Crippen LogP) is 3.71. The van der Waals surface area contributed by atoms with Crippen molar-refractivity contribution in [1.29, 1.82) is 0 Å². The first kappa shape index (κ1) is 19.5. The smallest absolute Gasteiger partial charge is 0.277 e. The number of hydrazone groups is 1. The standard InChI is InChI=1S/C21H27N3O2/c1-15(2)19-11-6-16(3)12-20(19)26-14-21(25)23-22-13-17-7-9-18(10-8-17)24(4)5/h6-13,15H,14H2,1-5H3,(H,23,25)/b22-13+. The molecule has 1 amide bonds. The van der Waals surface area contributed by atoms with Crippen molar-refractivity contribution >= 4 is 17.8 Å². The summed E-state index contributed by atoms with van der Waals surface area (Å²) in [6.45, 7) is 6.13. The number of aryl methyl sites for hydroxylation is 1. The third-order valence-corrected chi connectivity index (χ3v) is 3.96. The Hall–Kier alpha value is -2.82. The molecule has 0 aliphatic carbocycles. The zero-order chi connectivity index (χ0) is 19.1. The van der Waals surface area contributed by atoms with Crippen molar-refractivity contribution in [2.45, 2.75) is 26.7 Å². The van der Waals surface area contributed by atoms with Gasteiger partial charge in [-0.25, -0.2) is 5.43 Å². The number of carbonyl (C=O) groups is 1. The van der Waals surface area contributed by atoms with Crippen LogP contribution in [0.2, 0.25) is 0 Å². The molecule has 0 heterocycles. The summed E-state index contributed by atoms with van der Waals surface area (Å²) >= 11 is 0. The highest BCUT2D eigenvalue weighted by Gasteiger charge is 2.10. The zero-order valence-corrected chi connectivity index (χ0v) is 16.1. The van der Waals surface area contributed by atoms with Gasteiger partial charge in [-0.05, 0) is 47.7 Å². The van der Waals surface area contributed by atoms with Crippen LogP contribution < -0.4 is 15.1 Å². The van der Waals surface area contributed by atoms with Gasteiger partial charge in [-0.1, -0.05) is 38.1 Å². The maximum Gasteiger partial charge on any atom is 0.277 e. The highest BCUT2D eigenvalue weighted by molar-refractivity contribution is 5.83. The second kappa shape index (κ2) is 9.04. The molecular weight excluding hydrogens is 326 g/mol. The molecular formula is C21H27N3O2. The summed E-state index contributed by atoms with van der Waals surface area (Å²) in [5.74, 6) is 0.789. The summed E-state index contributed by atoms with van der Waals surface area (Å²) < 4.78 is 5.69. The number of amides is 1. The normalized spacial score (nSPS) is 11.0. The fourth-order valence-electron chi connectivity index (χ4n) is 2.46. The van der Waals surface area contributed by atoms with Crippen LogP contribution in [0.4, 0.5) is 5.69 Å². The van der Waals surface area contributed by atoms with Crippen LogP contribution in [-0.2, 0) is 4.79 Å². The summed E-state index contributed by atoms with van der Waals surface area (Å²) in [6, 6.07) is 13.9.